The van der Waals surface area contributed by atoms with Gasteiger partial charge in [0.15, 0.2) is 5.82 Å². The number of aromatic nitrogens is 2. The summed E-state index contributed by atoms with van der Waals surface area (Å²) in [6, 6.07) is 8.14. The van der Waals surface area contributed by atoms with Crippen LogP contribution < -0.4 is 5.32 Å². The largest absolute Gasteiger partial charge is 0.377 e. The number of nitrogens with zero attached hydrogens (tertiary/aromatic N) is 2. The van der Waals surface area contributed by atoms with Crippen molar-refractivity contribution in [1.82, 2.24) is 10.2 Å². The molecule has 0 unspecified atom stereocenters. The zero-order valence-electron chi connectivity index (χ0n) is 11.3. The molecule has 96 valence electrons. The lowest BCUT2D eigenvalue weighted by atomic mass is 10.1. The van der Waals surface area contributed by atoms with Gasteiger partial charge in [0.25, 0.3) is 0 Å². The first-order chi connectivity index (χ1) is 8.53. The van der Waals surface area contributed by atoms with E-state index in [1.165, 1.54) is 0 Å². The van der Waals surface area contributed by atoms with E-state index in [4.69, 9.17) is 4.74 Å². The van der Waals surface area contributed by atoms with E-state index in [1.807, 2.05) is 32.9 Å². The Morgan fingerprint density at radius 1 is 1.17 bits per heavy atom. The fraction of sp³-hybridized carbons (Fsp3) is 0.429. The van der Waals surface area contributed by atoms with Crippen LogP contribution in [0.5, 0.6) is 0 Å². The summed E-state index contributed by atoms with van der Waals surface area (Å²) in [6.07, 6.45) is 0. The van der Waals surface area contributed by atoms with E-state index in [9.17, 15) is 0 Å². The summed E-state index contributed by atoms with van der Waals surface area (Å²) in [4.78, 5) is 0. The Hall–Kier alpha value is -1.68. The van der Waals surface area contributed by atoms with E-state index in [2.05, 4.69) is 27.6 Å². The molecule has 0 atom stereocenters. The molecule has 0 aliphatic rings. The number of rotatable bonds is 4. The molecular weight excluding hydrogens is 226 g/mol. The van der Waals surface area contributed by atoms with Crippen LogP contribution in [0.25, 0.3) is 10.8 Å². The lowest BCUT2D eigenvalue weighted by Crippen LogP contribution is -2.32. The van der Waals surface area contributed by atoms with Crippen LogP contribution in [0.4, 0.5) is 5.82 Å². The zero-order valence-corrected chi connectivity index (χ0v) is 11.3. The van der Waals surface area contributed by atoms with E-state index >= 15 is 0 Å². The highest BCUT2D eigenvalue weighted by Crippen LogP contribution is 2.22. The molecule has 2 aromatic rings. The molecule has 2 rings (SSSR count). The lowest BCUT2D eigenvalue weighted by molar-refractivity contribution is 0.0343. The molecule has 0 spiro atoms. The van der Waals surface area contributed by atoms with Gasteiger partial charge in [0.2, 0.25) is 0 Å². The molecule has 4 nitrogen and oxygen atoms in total. The minimum atomic E-state index is -0.229. The minimum absolute atomic E-state index is 0.229. The normalized spacial score (nSPS) is 11.8. The van der Waals surface area contributed by atoms with Crippen LogP contribution in [-0.2, 0) is 4.74 Å². The van der Waals surface area contributed by atoms with Crippen molar-refractivity contribution in [3.63, 3.8) is 0 Å². The molecule has 1 aromatic carbocycles. The number of hydrogen-bond donors (Lipinski definition) is 1. The quantitative estimate of drug-likeness (QED) is 0.899. The van der Waals surface area contributed by atoms with Gasteiger partial charge in [-0.1, -0.05) is 24.3 Å². The summed E-state index contributed by atoms with van der Waals surface area (Å²) in [7, 11) is 1.71. The smallest absolute Gasteiger partial charge is 0.156 e. The second-order valence-corrected chi connectivity index (χ2v) is 5.00. The van der Waals surface area contributed by atoms with Crippen LogP contribution in [-0.4, -0.2) is 29.5 Å². The number of benzene rings is 1. The number of aryl methyl sites for hydroxylation is 1. The van der Waals surface area contributed by atoms with Crippen molar-refractivity contribution in [1.29, 1.82) is 0 Å². The van der Waals surface area contributed by atoms with Gasteiger partial charge in [0.1, 0.15) is 0 Å². The molecule has 0 saturated heterocycles. The van der Waals surface area contributed by atoms with E-state index in [1.54, 1.807) is 7.11 Å². The molecule has 0 fully saturated rings. The lowest BCUT2D eigenvalue weighted by Gasteiger charge is -2.23. The van der Waals surface area contributed by atoms with Crippen LogP contribution in [0.1, 0.15) is 19.5 Å². The third-order valence-electron chi connectivity index (χ3n) is 3.11. The number of hydrogen-bond acceptors (Lipinski definition) is 4. The number of nitrogens with one attached hydrogen (secondary N) is 1. The van der Waals surface area contributed by atoms with Gasteiger partial charge in [0.05, 0.1) is 11.3 Å². The van der Waals surface area contributed by atoms with Crippen LogP contribution in [0, 0.1) is 6.92 Å². The molecule has 18 heavy (non-hydrogen) atoms. The molecule has 0 amide bonds. The van der Waals surface area contributed by atoms with Gasteiger partial charge in [-0.2, -0.15) is 5.10 Å². The second-order valence-electron chi connectivity index (χ2n) is 5.00. The topological polar surface area (TPSA) is 47.0 Å². The Morgan fingerprint density at radius 3 is 2.50 bits per heavy atom. The van der Waals surface area contributed by atoms with Crippen molar-refractivity contribution < 1.29 is 4.74 Å². The van der Waals surface area contributed by atoms with Crippen molar-refractivity contribution in [2.45, 2.75) is 26.4 Å². The van der Waals surface area contributed by atoms with E-state index in [0.717, 1.165) is 22.3 Å². The van der Waals surface area contributed by atoms with Crippen LogP contribution in [0.2, 0.25) is 0 Å². The Bertz CT molecular complexity index is 552. The molecular formula is C14H19N3O. The predicted molar refractivity (Wildman–Crippen MR) is 73.9 cm³/mol. The number of methoxy groups -OCH3 is 1. The summed E-state index contributed by atoms with van der Waals surface area (Å²) in [6.45, 7) is 6.72. The van der Waals surface area contributed by atoms with Gasteiger partial charge < -0.3 is 10.1 Å². The average Bonchev–Trinajstić information content (AvgIpc) is 2.38. The fourth-order valence-corrected chi connectivity index (χ4v) is 1.74. The van der Waals surface area contributed by atoms with Crippen molar-refractivity contribution in [3.05, 3.63) is 30.0 Å². The third kappa shape index (κ3) is 2.59. The van der Waals surface area contributed by atoms with Crippen LogP contribution >= 0.6 is 0 Å². The summed E-state index contributed by atoms with van der Waals surface area (Å²) in [5.41, 5.74) is 0.718. The van der Waals surface area contributed by atoms with Gasteiger partial charge in [-0.3, -0.25) is 0 Å². The first-order valence-corrected chi connectivity index (χ1v) is 6.04. The number of ether oxygens (including phenoxy) is 1. The molecule has 4 heteroatoms. The van der Waals surface area contributed by atoms with Gasteiger partial charge in [-0.15, -0.1) is 5.10 Å². The summed E-state index contributed by atoms with van der Waals surface area (Å²) in [5, 5.41) is 13.9. The maximum Gasteiger partial charge on any atom is 0.156 e. The van der Waals surface area contributed by atoms with E-state index in [0.29, 0.717) is 6.54 Å². The fourth-order valence-electron chi connectivity index (χ4n) is 1.74. The van der Waals surface area contributed by atoms with Gasteiger partial charge >= 0.3 is 0 Å². The van der Waals surface area contributed by atoms with Crippen molar-refractivity contribution in [2.24, 2.45) is 0 Å². The van der Waals surface area contributed by atoms with Crippen molar-refractivity contribution in [2.75, 3.05) is 19.0 Å². The monoisotopic (exact) mass is 245 g/mol. The standard InChI is InChI=1S/C14H19N3O/c1-10-11-7-5-6-8-12(11)13(17-16-10)15-9-14(2,3)18-4/h5-8H,9H2,1-4H3,(H,15,17). The molecule has 1 heterocycles. The Balaban J connectivity index is 2.32. The SMILES string of the molecule is COC(C)(C)CNc1nnc(C)c2ccccc12. The van der Waals surface area contributed by atoms with E-state index < -0.39 is 0 Å². The molecule has 0 bridgehead atoms. The maximum atomic E-state index is 5.38. The summed E-state index contributed by atoms with van der Waals surface area (Å²) >= 11 is 0. The summed E-state index contributed by atoms with van der Waals surface area (Å²) in [5.74, 6) is 0.807. The molecule has 0 aliphatic heterocycles. The van der Waals surface area contributed by atoms with Gasteiger partial charge in [0, 0.05) is 24.4 Å². The Labute approximate surface area is 107 Å². The molecule has 0 aliphatic carbocycles. The van der Waals surface area contributed by atoms with E-state index in [-0.39, 0.29) is 5.60 Å². The second kappa shape index (κ2) is 4.90. The third-order valence-corrected chi connectivity index (χ3v) is 3.11. The highest BCUT2D eigenvalue weighted by molar-refractivity contribution is 5.92. The number of fused-ring (bicyclic) bond motifs is 1. The first-order valence-electron chi connectivity index (χ1n) is 6.04. The summed E-state index contributed by atoms with van der Waals surface area (Å²) < 4.78 is 5.38. The Morgan fingerprint density at radius 2 is 1.83 bits per heavy atom. The molecule has 1 aromatic heterocycles. The molecule has 0 radical (unpaired) electrons. The van der Waals surface area contributed by atoms with Gasteiger partial charge in [-0.05, 0) is 20.8 Å². The van der Waals surface area contributed by atoms with Crippen LogP contribution in [0.15, 0.2) is 24.3 Å². The molecule has 0 saturated carbocycles. The van der Waals surface area contributed by atoms with Crippen molar-refractivity contribution in [3.8, 4) is 0 Å². The highest BCUT2D eigenvalue weighted by Gasteiger charge is 2.17. The van der Waals surface area contributed by atoms with Crippen LogP contribution in [0.3, 0.4) is 0 Å². The minimum Gasteiger partial charge on any atom is -0.377 e. The number of anilines is 1. The predicted octanol–water partition coefficient (Wildman–Crippen LogP) is 2.78. The molecule has 1 N–H and O–H groups in total. The maximum absolute atomic E-state index is 5.38. The average molecular weight is 245 g/mol. The Kier molecular flexibility index (Phi) is 3.48. The first kappa shape index (κ1) is 12.8. The zero-order chi connectivity index (χ0) is 13.2. The van der Waals surface area contributed by atoms with Crippen molar-refractivity contribution >= 4 is 16.6 Å². The van der Waals surface area contributed by atoms with Gasteiger partial charge in [-0.25, -0.2) is 0 Å². The highest BCUT2D eigenvalue weighted by atomic mass is 16.5.